The van der Waals surface area contributed by atoms with Gasteiger partial charge in [0, 0.05) is 0 Å². The molecule has 0 aromatic rings. The minimum absolute atomic E-state index is 0.0791. The van der Waals surface area contributed by atoms with Crippen LogP contribution in [0.1, 0.15) is 0 Å². The fraction of sp³-hybridized carbons (Fsp3) is 0.929. The Morgan fingerprint density at radius 1 is 0.889 bits per heavy atom. The summed E-state index contributed by atoms with van der Waals surface area (Å²) in [5, 5.41) is 71.0. The van der Waals surface area contributed by atoms with Crippen LogP contribution in [-0.4, -0.2) is 122 Å². The molecule has 13 heteroatoms. The predicted octanol–water partition coefficient (Wildman–Crippen LogP) is -4.88. The summed E-state index contributed by atoms with van der Waals surface area (Å²) in [5.41, 5.74) is 0. The van der Waals surface area contributed by atoms with Gasteiger partial charge in [0.15, 0.2) is 12.5 Å². The van der Waals surface area contributed by atoms with E-state index in [9.17, 15) is 40.5 Å². The van der Waals surface area contributed by atoms with Crippen LogP contribution in [0.4, 0.5) is 0 Å². The third kappa shape index (κ3) is 4.94. The molecule has 0 aromatic carbocycles. The fourth-order valence-corrected chi connectivity index (χ4v) is 3.07. The van der Waals surface area contributed by atoms with E-state index in [0.29, 0.717) is 0 Å². The van der Waals surface area contributed by atoms with Crippen LogP contribution < -0.4 is 5.32 Å². The third-order valence-electron chi connectivity index (χ3n) is 4.43. The Labute approximate surface area is 162 Å². The highest BCUT2D eigenvalue weighted by Gasteiger charge is 2.50. The van der Waals surface area contributed by atoms with Gasteiger partial charge in [0.25, 0.3) is 0 Å². The van der Waals surface area contributed by atoms with Crippen molar-refractivity contribution in [1.29, 1.82) is 0 Å². The average molecular weight is 462 g/mol. The molecular formula is C14H24BrNO11. The summed E-state index contributed by atoms with van der Waals surface area (Å²) >= 11 is 2.92. The van der Waals surface area contributed by atoms with E-state index < -0.39 is 80.5 Å². The highest BCUT2D eigenvalue weighted by Crippen LogP contribution is 2.28. The molecule has 10 atom stereocenters. The van der Waals surface area contributed by atoms with E-state index >= 15 is 0 Å². The van der Waals surface area contributed by atoms with Gasteiger partial charge in [-0.2, -0.15) is 0 Å². The molecule has 8 N–H and O–H groups in total. The lowest BCUT2D eigenvalue weighted by Crippen LogP contribution is -2.66. The molecular weight excluding hydrogens is 438 g/mol. The molecule has 2 fully saturated rings. The smallest absolute Gasteiger partial charge is 0.232 e. The van der Waals surface area contributed by atoms with Gasteiger partial charge >= 0.3 is 0 Å². The van der Waals surface area contributed by atoms with Crippen LogP contribution in [0.2, 0.25) is 0 Å². The van der Waals surface area contributed by atoms with Crippen LogP contribution in [0.25, 0.3) is 0 Å². The molecule has 2 saturated heterocycles. The number of hydrogen-bond donors (Lipinski definition) is 8. The number of aliphatic hydroxyl groups is 7. The van der Waals surface area contributed by atoms with Crippen molar-refractivity contribution in [2.45, 2.75) is 61.3 Å². The number of rotatable bonds is 6. The lowest BCUT2D eigenvalue weighted by molar-refractivity contribution is -0.343. The number of alkyl halides is 1. The Kier molecular flexibility index (Phi) is 8.33. The predicted molar refractivity (Wildman–Crippen MR) is 88.3 cm³/mol. The van der Waals surface area contributed by atoms with E-state index in [1.165, 1.54) is 0 Å². The Morgan fingerprint density at radius 2 is 1.52 bits per heavy atom. The molecule has 2 aliphatic heterocycles. The third-order valence-corrected chi connectivity index (χ3v) is 4.94. The van der Waals surface area contributed by atoms with Gasteiger partial charge in [-0.05, 0) is 0 Å². The lowest BCUT2D eigenvalue weighted by Gasteiger charge is -2.46. The monoisotopic (exact) mass is 461 g/mol. The highest BCUT2D eigenvalue weighted by molar-refractivity contribution is 9.09. The second kappa shape index (κ2) is 9.84. The molecule has 27 heavy (non-hydrogen) atoms. The molecule has 2 rings (SSSR count). The fourth-order valence-electron chi connectivity index (χ4n) is 2.91. The summed E-state index contributed by atoms with van der Waals surface area (Å²) in [5.74, 6) is -0.531. The summed E-state index contributed by atoms with van der Waals surface area (Å²) in [4.78, 5) is 11.5. The van der Waals surface area contributed by atoms with Crippen LogP contribution >= 0.6 is 15.9 Å². The van der Waals surface area contributed by atoms with Crippen LogP contribution in [0.3, 0.4) is 0 Å². The zero-order valence-corrected chi connectivity index (χ0v) is 15.6. The molecule has 158 valence electrons. The van der Waals surface area contributed by atoms with Gasteiger partial charge in [-0.15, -0.1) is 0 Å². The first-order valence-corrected chi connectivity index (χ1v) is 9.31. The molecule has 0 bridgehead atoms. The van der Waals surface area contributed by atoms with Crippen LogP contribution in [-0.2, 0) is 19.0 Å². The van der Waals surface area contributed by atoms with Crippen molar-refractivity contribution in [2.24, 2.45) is 0 Å². The summed E-state index contributed by atoms with van der Waals surface area (Å²) in [6.45, 7) is -1.35. The van der Waals surface area contributed by atoms with E-state index in [0.717, 1.165) is 0 Å². The van der Waals surface area contributed by atoms with Crippen LogP contribution in [0, 0.1) is 0 Å². The van der Waals surface area contributed by atoms with E-state index in [1.807, 2.05) is 0 Å². The van der Waals surface area contributed by atoms with Crippen molar-refractivity contribution in [3.63, 3.8) is 0 Å². The van der Waals surface area contributed by atoms with E-state index in [1.54, 1.807) is 0 Å². The van der Waals surface area contributed by atoms with Gasteiger partial charge in [-0.1, -0.05) is 15.9 Å². The maximum atomic E-state index is 11.5. The van der Waals surface area contributed by atoms with Gasteiger partial charge in [-0.3, -0.25) is 4.79 Å². The second-order valence-corrected chi connectivity index (χ2v) is 6.82. The zero-order chi connectivity index (χ0) is 20.3. The molecule has 1 amide bonds. The van der Waals surface area contributed by atoms with Gasteiger partial charge in [0.05, 0.1) is 18.5 Å². The first kappa shape index (κ1) is 22.8. The number of carbonyl (C=O) groups is 1. The van der Waals surface area contributed by atoms with Gasteiger partial charge in [-0.25, -0.2) is 0 Å². The summed E-state index contributed by atoms with van der Waals surface area (Å²) in [7, 11) is 0. The number of aliphatic hydroxyl groups excluding tert-OH is 7. The minimum Gasteiger partial charge on any atom is -0.394 e. The van der Waals surface area contributed by atoms with Crippen LogP contribution in [0.15, 0.2) is 0 Å². The molecule has 0 aliphatic carbocycles. The first-order valence-electron chi connectivity index (χ1n) is 8.18. The number of nitrogens with one attached hydrogen (secondary N) is 1. The second-order valence-electron chi connectivity index (χ2n) is 6.26. The largest absolute Gasteiger partial charge is 0.394 e. The first-order chi connectivity index (χ1) is 12.7. The van der Waals surface area contributed by atoms with Crippen molar-refractivity contribution in [3.8, 4) is 0 Å². The molecule has 4 unspecified atom stereocenters. The molecule has 12 nitrogen and oxygen atoms in total. The Balaban J connectivity index is 2.11. The molecule has 0 radical (unpaired) electrons. The summed E-state index contributed by atoms with van der Waals surface area (Å²) in [6, 6.07) is 0. The minimum atomic E-state index is -1.74. The Bertz CT molecular complexity index is 496. The molecule has 0 saturated carbocycles. The number of ether oxygens (including phenoxy) is 3. The average Bonchev–Trinajstić information content (AvgIpc) is 2.67. The van der Waals surface area contributed by atoms with Gasteiger partial charge in [0.1, 0.15) is 48.8 Å². The van der Waals surface area contributed by atoms with Crippen molar-refractivity contribution >= 4 is 21.8 Å². The topological polar surface area (TPSA) is 198 Å². The standard InChI is InChI=1S/C14H24BrNO11/c15-1-6(19)16-13-10(23)9(22)12(5(3-18)25-13)27-14-11(24)8(21)7(20)4(2-17)26-14/h4-5,7-14,17-18,20-24H,1-3H2,(H,16,19)/t4?,5?,7-,8+,9?,10+,11?,12-,13-,14-/m1/s1. The zero-order valence-electron chi connectivity index (χ0n) is 14.0. The molecule has 0 spiro atoms. The van der Waals surface area contributed by atoms with Crippen molar-refractivity contribution in [2.75, 3.05) is 18.5 Å². The van der Waals surface area contributed by atoms with E-state index in [-0.39, 0.29) is 5.33 Å². The number of hydrogen-bond acceptors (Lipinski definition) is 11. The quantitative estimate of drug-likeness (QED) is 0.176. The number of carbonyl (C=O) groups excluding carboxylic acids is 1. The molecule has 2 heterocycles. The summed E-state index contributed by atoms with van der Waals surface area (Å²) in [6.07, 6.45) is -15.1. The normalized spacial score (nSPS) is 45.5. The van der Waals surface area contributed by atoms with Crippen molar-refractivity contribution in [1.82, 2.24) is 5.32 Å². The van der Waals surface area contributed by atoms with Gasteiger partial charge < -0.3 is 55.3 Å². The Morgan fingerprint density at radius 3 is 2.07 bits per heavy atom. The van der Waals surface area contributed by atoms with E-state index in [2.05, 4.69) is 21.2 Å². The van der Waals surface area contributed by atoms with Crippen LogP contribution in [0.5, 0.6) is 0 Å². The number of amides is 1. The SMILES string of the molecule is O=C(CBr)N[C@@H]1OC(CO)[C@@H](O[C@H]2OC(CO)[C@@H](O)[C@H](O)C2O)C(O)[C@@H]1O. The maximum Gasteiger partial charge on any atom is 0.232 e. The molecule has 0 aromatic heterocycles. The molecule has 2 aliphatic rings. The number of halogens is 1. The Hall–Kier alpha value is -0.450. The highest BCUT2D eigenvalue weighted by atomic mass is 79.9. The summed E-state index contributed by atoms with van der Waals surface area (Å²) < 4.78 is 15.9. The van der Waals surface area contributed by atoms with Crippen molar-refractivity contribution in [3.05, 3.63) is 0 Å². The lowest BCUT2D eigenvalue weighted by atomic mass is 9.96. The van der Waals surface area contributed by atoms with E-state index in [4.69, 9.17) is 14.2 Å². The van der Waals surface area contributed by atoms with Crippen molar-refractivity contribution < 1.29 is 54.8 Å². The van der Waals surface area contributed by atoms with Gasteiger partial charge in [0.2, 0.25) is 5.91 Å². The maximum absolute atomic E-state index is 11.5.